The van der Waals surface area contributed by atoms with Gasteiger partial charge in [-0.05, 0) is 27.7 Å². The van der Waals surface area contributed by atoms with E-state index in [-0.39, 0.29) is 11.7 Å². The van der Waals surface area contributed by atoms with E-state index in [1.807, 2.05) is 20.8 Å². The Morgan fingerprint density at radius 3 is 2.09 bits per heavy atom. The van der Waals surface area contributed by atoms with E-state index in [9.17, 15) is 4.39 Å². The smallest absolute Gasteiger partial charge is 0.113 e. The minimum Gasteiger partial charge on any atom is -0.372 e. The van der Waals surface area contributed by atoms with E-state index in [4.69, 9.17) is 4.74 Å². The number of hydrogen-bond acceptors (Lipinski definition) is 1. The second-order valence-corrected chi connectivity index (χ2v) is 4.67. The Bertz CT molecular complexity index is 138. The van der Waals surface area contributed by atoms with Crippen LogP contribution in [0.4, 0.5) is 4.39 Å². The lowest BCUT2D eigenvalue weighted by Crippen LogP contribution is -2.45. The van der Waals surface area contributed by atoms with Gasteiger partial charge in [-0.25, -0.2) is 4.39 Å². The Kier molecular flexibility index (Phi) is 1.99. The Balaban J connectivity index is 2.24. The first-order valence-electron chi connectivity index (χ1n) is 4.15. The van der Waals surface area contributed by atoms with E-state index in [2.05, 4.69) is 0 Å². The monoisotopic (exact) mass is 160 g/mol. The highest BCUT2D eigenvalue weighted by molar-refractivity contribution is 4.92. The van der Waals surface area contributed by atoms with Crippen LogP contribution in [0.5, 0.6) is 0 Å². The third kappa shape index (κ3) is 2.78. The summed E-state index contributed by atoms with van der Waals surface area (Å²) >= 11 is 0. The molecule has 0 saturated heterocycles. The zero-order valence-electron chi connectivity index (χ0n) is 7.78. The van der Waals surface area contributed by atoms with Crippen LogP contribution in [0.3, 0.4) is 0 Å². The van der Waals surface area contributed by atoms with Crippen LogP contribution in [0, 0.1) is 0 Å². The molecule has 0 bridgehead atoms. The van der Waals surface area contributed by atoms with Gasteiger partial charge in [-0.2, -0.15) is 0 Å². The number of rotatable bonds is 1. The molecule has 2 heteroatoms. The lowest BCUT2D eigenvalue weighted by molar-refractivity contribution is -0.144. The summed E-state index contributed by atoms with van der Waals surface area (Å²) in [6.45, 7) is 7.64. The standard InChI is InChI=1S/C9H17FO/c1-8(2,3)11-7-5-9(4,10)6-7/h7H,5-6H2,1-4H3. The highest BCUT2D eigenvalue weighted by Gasteiger charge is 2.42. The molecule has 0 atom stereocenters. The van der Waals surface area contributed by atoms with Gasteiger partial charge in [0.1, 0.15) is 5.67 Å². The van der Waals surface area contributed by atoms with Gasteiger partial charge < -0.3 is 4.74 Å². The van der Waals surface area contributed by atoms with Gasteiger partial charge in [0, 0.05) is 12.8 Å². The van der Waals surface area contributed by atoms with E-state index in [0.29, 0.717) is 12.8 Å². The van der Waals surface area contributed by atoms with E-state index < -0.39 is 5.67 Å². The number of hydrogen-bond donors (Lipinski definition) is 0. The summed E-state index contributed by atoms with van der Waals surface area (Å²) in [7, 11) is 0. The van der Waals surface area contributed by atoms with Crippen molar-refractivity contribution in [1.82, 2.24) is 0 Å². The maximum absolute atomic E-state index is 13.0. The maximum Gasteiger partial charge on any atom is 0.113 e. The lowest BCUT2D eigenvalue weighted by Gasteiger charge is -2.41. The van der Waals surface area contributed by atoms with E-state index >= 15 is 0 Å². The summed E-state index contributed by atoms with van der Waals surface area (Å²) < 4.78 is 18.5. The molecule has 0 amide bonds. The zero-order chi connectivity index (χ0) is 8.70. The first-order valence-corrected chi connectivity index (χ1v) is 4.15. The molecular weight excluding hydrogens is 143 g/mol. The van der Waals surface area contributed by atoms with Gasteiger partial charge in [-0.15, -0.1) is 0 Å². The molecule has 0 radical (unpaired) electrons. The van der Waals surface area contributed by atoms with Gasteiger partial charge in [0.05, 0.1) is 11.7 Å². The van der Waals surface area contributed by atoms with Crippen molar-refractivity contribution in [3.63, 3.8) is 0 Å². The molecule has 0 unspecified atom stereocenters. The lowest BCUT2D eigenvalue weighted by atomic mass is 9.80. The first-order chi connectivity index (χ1) is 4.79. The molecule has 1 nitrogen and oxygen atoms in total. The average Bonchev–Trinajstić information content (AvgIpc) is 1.53. The van der Waals surface area contributed by atoms with Gasteiger partial charge in [0.15, 0.2) is 0 Å². The van der Waals surface area contributed by atoms with Crippen molar-refractivity contribution < 1.29 is 9.13 Å². The number of ether oxygens (including phenoxy) is 1. The fourth-order valence-corrected chi connectivity index (χ4v) is 1.47. The van der Waals surface area contributed by atoms with Crippen molar-refractivity contribution in [2.75, 3.05) is 0 Å². The molecule has 66 valence electrons. The number of alkyl halides is 1. The minimum absolute atomic E-state index is 0.124. The Morgan fingerprint density at radius 2 is 1.82 bits per heavy atom. The molecule has 11 heavy (non-hydrogen) atoms. The third-order valence-corrected chi connectivity index (χ3v) is 1.83. The molecule has 0 aromatic rings. The SMILES string of the molecule is CC1(F)CC(OC(C)(C)C)C1. The molecular formula is C9H17FO. The molecule has 1 rings (SSSR count). The fourth-order valence-electron chi connectivity index (χ4n) is 1.47. The molecule has 0 aromatic heterocycles. The summed E-state index contributed by atoms with van der Waals surface area (Å²) in [5, 5.41) is 0. The summed E-state index contributed by atoms with van der Waals surface area (Å²) in [6, 6.07) is 0. The minimum atomic E-state index is -0.962. The molecule has 1 fully saturated rings. The highest BCUT2D eigenvalue weighted by Crippen LogP contribution is 2.39. The summed E-state index contributed by atoms with van der Waals surface area (Å²) in [4.78, 5) is 0. The van der Waals surface area contributed by atoms with Crippen LogP contribution in [0.15, 0.2) is 0 Å². The van der Waals surface area contributed by atoms with Gasteiger partial charge in [-0.1, -0.05) is 0 Å². The van der Waals surface area contributed by atoms with Gasteiger partial charge in [-0.3, -0.25) is 0 Å². The predicted octanol–water partition coefficient (Wildman–Crippen LogP) is 2.69. The molecule has 0 aliphatic heterocycles. The van der Waals surface area contributed by atoms with Crippen molar-refractivity contribution in [3.05, 3.63) is 0 Å². The quantitative estimate of drug-likeness (QED) is 0.573. The molecule has 0 heterocycles. The predicted molar refractivity (Wildman–Crippen MR) is 43.4 cm³/mol. The van der Waals surface area contributed by atoms with Crippen molar-refractivity contribution >= 4 is 0 Å². The summed E-state index contributed by atoms with van der Waals surface area (Å²) in [6.07, 6.45) is 1.26. The Morgan fingerprint density at radius 1 is 1.36 bits per heavy atom. The molecule has 0 aromatic carbocycles. The van der Waals surface area contributed by atoms with E-state index in [1.165, 1.54) is 0 Å². The van der Waals surface area contributed by atoms with Gasteiger partial charge in [0.25, 0.3) is 0 Å². The Labute approximate surface area is 67.9 Å². The van der Waals surface area contributed by atoms with Crippen LogP contribution < -0.4 is 0 Å². The van der Waals surface area contributed by atoms with Crippen LogP contribution in [-0.4, -0.2) is 17.4 Å². The molecule has 0 N–H and O–H groups in total. The van der Waals surface area contributed by atoms with Crippen LogP contribution in [0.25, 0.3) is 0 Å². The van der Waals surface area contributed by atoms with Gasteiger partial charge in [0.2, 0.25) is 0 Å². The molecule has 1 saturated carbocycles. The first kappa shape index (κ1) is 8.98. The van der Waals surface area contributed by atoms with Crippen molar-refractivity contribution in [2.45, 2.75) is 57.9 Å². The molecule has 0 spiro atoms. The second-order valence-electron chi connectivity index (χ2n) is 4.67. The van der Waals surface area contributed by atoms with E-state index in [1.54, 1.807) is 6.92 Å². The van der Waals surface area contributed by atoms with Crippen molar-refractivity contribution in [1.29, 1.82) is 0 Å². The second kappa shape index (κ2) is 2.44. The summed E-state index contributed by atoms with van der Waals surface area (Å²) in [5.74, 6) is 0. The van der Waals surface area contributed by atoms with Crippen molar-refractivity contribution in [2.24, 2.45) is 0 Å². The van der Waals surface area contributed by atoms with Gasteiger partial charge >= 0.3 is 0 Å². The van der Waals surface area contributed by atoms with Crippen LogP contribution in [0.1, 0.15) is 40.5 Å². The average molecular weight is 160 g/mol. The Hall–Kier alpha value is -0.110. The summed E-state index contributed by atoms with van der Waals surface area (Å²) in [5.41, 5.74) is -1.09. The normalized spacial score (nSPS) is 38.5. The van der Waals surface area contributed by atoms with E-state index in [0.717, 1.165) is 0 Å². The number of halogens is 1. The highest BCUT2D eigenvalue weighted by atomic mass is 19.1. The largest absolute Gasteiger partial charge is 0.372 e. The molecule has 1 aliphatic rings. The topological polar surface area (TPSA) is 9.23 Å². The third-order valence-electron chi connectivity index (χ3n) is 1.83. The molecule has 1 aliphatic carbocycles. The fraction of sp³-hybridized carbons (Fsp3) is 1.00. The van der Waals surface area contributed by atoms with Crippen molar-refractivity contribution in [3.8, 4) is 0 Å². The van der Waals surface area contributed by atoms with Crippen LogP contribution in [-0.2, 0) is 4.74 Å². The van der Waals surface area contributed by atoms with Crippen LogP contribution >= 0.6 is 0 Å². The zero-order valence-corrected chi connectivity index (χ0v) is 7.78. The maximum atomic E-state index is 13.0. The van der Waals surface area contributed by atoms with Crippen LogP contribution in [0.2, 0.25) is 0 Å².